The molecule has 0 aliphatic carbocycles. The summed E-state index contributed by atoms with van der Waals surface area (Å²) in [5.74, 6) is -0.695. The normalized spacial score (nSPS) is 10.3. The summed E-state index contributed by atoms with van der Waals surface area (Å²) < 4.78 is 14.8. The second kappa shape index (κ2) is 6.97. The Morgan fingerprint density at radius 1 is 1.24 bits per heavy atom. The fourth-order valence-corrected chi connectivity index (χ4v) is 2.43. The summed E-state index contributed by atoms with van der Waals surface area (Å²) in [5.41, 5.74) is 3.40. The van der Waals surface area contributed by atoms with Crippen LogP contribution in [0.2, 0.25) is 0 Å². The van der Waals surface area contributed by atoms with Crippen molar-refractivity contribution >= 4 is 11.6 Å². The number of aryl methyl sites for hydroxylation is 1. The van der Waals surface area contributed by atoms with Crippen LogP contribution in [0.3, 0.4) is 0 Å². The highest BCUT2D eigenvalue weighted by Crippen LogP contribution is 2.19. The zero-order valence-corrected chi connectivity index (χ0v) is 13.5. The van der Waals surface area contributed by atoms with Crippen molar-refractivity contribution in [2.75, 3.05) is 5.32 Å². The zero-order chi connectivity index (χ0) is 17.8. The molecule has 0 spiro atoms. The average Bonchev–Trinajstić information content (AvgIpc) is 2.95. The minimum absolute atomic E-state index is 0.0264. The third-order valence-corrected chi connectivity index (χ3v) is 3.69. The van der Waals surface area contributed by atoms with E-state index in [1.54, 1.807) is 22.9 Å². The van der Waals surface area contributed by atoms with E-state index in [1.807, 2.05) is 25.1 Å². The van der Waals surface area contributed by atoms with Crippen LogP contribution < -0.4 is 5.32 Å². The predicted octanol–water partition coefficient (Wildman–Crippen LogP) is 3.51. The van der Waals surface area contributed by atoms with Gasteiger partial charge in [-0.15, -0.1) is 0 Å². The molecule has 25 heavy (non-hydrogen) atoms. The quantitative estimate of drug-likeness (QED) is 0.794. The highest BCUT2D eigenvalue weighted by molar-refractivity contribution is 5.90. The van der Waals surface area contributed by atoms with Gasteiger partial charge in [0.15, 0.2) is 0 Å². The molecule has 2 aromatic carbocycles. The Morgan fingerprint density at radius 3 is 2.68 bits per heavy atom. The van der Waals surface area contributed by atoms with Crippen LogP contribution >= 0.6 is 0 Å². The van der Waals surface area contributed by atoms with Gasteiger partial charge in [0, 0.05) is 16.9 Å². The number of hydrogen-bond donors (Lipinski definition) is 1. The molecule has 0 radical (unpaired) electrons. The number of hydrogen-bond acceptors (Lipinski definition) is 3. The molecule has 0 fully saturated rings. The first-order valence-corrected chi connectivity index (χ1v) is 7.65. The van der Waals surface area contributed by atoms with Gasteiger partial charge < -0.3 is 5.32 Å². The van der Waals surface area contributed by atoms with Crippen molar-refractivity contribution in [2.24, 2.45) is 0 Å². The van der Waals surface area contributed by atoms with Crippen molar-refractivity contribution in [1.82, 2.24) is 9.78 Å². The molecule has 6 heteroatoms. The lowest BCUT2D eigenvalue weighted by atomic mass is 10.1. The summed E-state index contributed by atoms with van der Waals surface area (Å²) >= 11 is 0. The first kappa shape index (κ1) is 16.4. The molecule has 0 aliphatic heterocycles. The molecule has 1 heterocycles. The van der Waals surface area contributed by atoms with Gasteiger partial charge in [-0.2, -0.15) is 10.4 Å². The number of benzene rings is 2. The number of nitrogens with zero attached hydrogens (tertiary/aromatic N) is 3. The average molecular weight is 334 g/mol. The molecule has 0 unspecified atom stereocenters. The first-order valence-electron chi connectivity index (χ1n) is 7.65. The molecule has 0 saturated carbocycles. The molecule has 0 saturated heterocycles. The number of carbonyl (C=O) groups is 1. The van der Waals surface area contributed by atoms with E-state index < -0.39 is 5.82 Å². The minimum atomic E-state index is -0.406. The predicted molar refractivity (Wildman–Crippen MR) is 92.1 cm³/mol. The number of carbonyl (C=O) groups excluding carboxylic acids is 1. The van der Waals surface area contributed by atoms with Gasteiger partial charge in [0.1, 0.15) is 12.4 Å². The van der Waals surface area contributed by atoms with Crippen molar-refractivity contribution in [2.45, 2.75) is 13.5 Å². The lowest BCUT2D eigenvalue weighted by molar-refractivity contribution is -0.116. The third kappa shape index (κ3) is 3.90. The minimum Gasteiger partial charge on any atom is -0.324 e. The molecular weight excluding hydrogens is 319 g/mol. The second-order valence-corrected chi connectivity index (χ2v) is 5.58. The van der Waals surface area contributed by atoms with E-state index in [4.69, 9.17) is 5.26 Å². The van der Waals surface area contributed by atoms with Crippen LogP contribution in [0.5, 0.6) is 0 Å². The SMILES string of the molecule is Cc1cc(-c2ccc(C#N)cc2)nn1CC(=O)Nc1cccc(F)c1. The van der Waals surface area contributed by atoms with Gasteiger partial charge in [-0.3, -0.25) is 9.48 Å². The van der Waals surface area contributed by atoms with Gasteiger partial charge in [-0.05, 0) is 43.3 Å². The maximum absolute atomic E-state index is 13.2. The molecule has 124 valence electrons. The number of rotatable bonds is 4. The Labute approximate surface area is 144 Å². The van der Waals surface area contributed by atoms with Gasteiger partial charge in [0.05, 0.1) is 17.3 Å². The Balaban J connectivity index is 1.73. The van der Waals surface area contributed by atoms with Crippen molar-refractivity contribution in [3.63, 3.8) is 0 Å². The van der Waals surface area contributed by atoms with Crippen molar-refractivity contribution < 1.29 is 9.18 Å². The van der Waals surface area contributed by atoms with Gasteiger partial charge in [0.25, 0.3) is 0 Å². The van der Waals surface area contributed by atoms with E-state index in [2.05, 4.69) is 16.5 Å². The Kier molecular flexibility index (Phi) is 4.57. The summed E-state index contributed by atoms with van der Waals surface area (Å²) in [5, 5.41) is 15.9. The largest absolute Gasteiger partial charge is 0.324 e. The standard InChI is InChI=1S/C19H15FN4O/c1-13-9-18(15-7-5-14(11-21)6-8-15)23-24(13)12-19(25)22-17-4-2-3-16(20)10-17/h2-10H,12H2,1H3,(H,22,25). The van der Waals surface area contributed by atoms with Gasteiger partial charge in [-0.25, -0.2) is 4.39 Å². The summed E-state index contributed by atoms with van der Waals surface area (Å²) in [6, 6.07) is 16.8. The number of nitriles is 1. The Hall–Kier alpha value is -3.46. The van der Waals surface area contributed by atoms with E-state index in [0.29, 0.717) is 11.3 Å². The molecule has 0 aliphatic rings. The molecular formula is C19H15FN4O. The fourth-order valence-electron chi connectivity index (χ4n) is 2.43. The molecule has 0 atom stereocenters. The van der Waals surface area contributed by atoms with E-state index in [9.17, 15) is 9.18 Å². The maximum Gasteiger partial charge on any atom is 0.246 e. The molecule has 3 aromatic rings. The van der Waals surface area contributed by atoms with Gasteiger partial charge in [-0.1, -0.05) is 18.2 Å². The van der Waals surface area contributed by atoms with Crippen LogP contribution in [0.25, 0.3) is 11.3 Å². The monoisotopic (exact) mass is 334 g/mol. The lowest BCUT2D eigenvalue weighted by Crippen LogP contribution is -2.20. The van der Waals surface area contributed by atoms with Crippen molar-refractivity contribution in [3.8, 4) is 17.3 Å². The second-order valence-electron chi connectivity index (χ2n) is 5.58. The van der Waals surface area contributed by atoms with Crippen LogP contribution in [0.15, 0.2) is 54.6 Å². The summed E-state index contributed by atoms with van der Waals surface area (Å²) in [6.07, 6.45) is 0. The third-order valence-electron chi connectivity index (χ3n) is 3.69. The Bertz CT molecular complexity index is 954. The smallest absolute Gasteiger partial charge is 0.246 e. The lowest BCUT2D eigenvalue weighted by Gasteiger charge is -2.06. The summed E-state index contributed by atoms with van der Waals surface area (Å²) in [6.45, 7) is 1.88. The molecule has 1 amide bonds. The van der Waals surface area contributed by atoms with E-state index >= 15 is 0 Å². The van der Waals surface area contributed by atoms with Gasteiger partial charge >= 0.3 is 0 Å². The molecule has 3 rings (SSSR count). The van der Waals surface area contributed by atoms with E-state index in [0.717, 1.165) is 17.0 Å². The first-order chi connectivity index (χ1) is 12.0. The number of amides is 1. The molecule has 5 nitrogen and oxygen atoms in total. The molecule has 1 aromatic heterocycles. The number of aromatic nitrogens is 2. The highest BCUT2D eigenvalue weighted by atomic mass is 19.1. The van der Waals surface area contributed by atoms with Crippen LogP contribution in [0.1, 0.15) is 11.3 Å². The zero-order valence-electron chi connectivity index (χ0n) is 13.5. The Morgan fingerprint density at radius 2 is 2.00 bits per heavy atom. The van der Waals surface area contributed by atoms with Gasteiger partial charge in [0.2, 0.25) is 5.91 Å². The fraction of sp³-hybridized carbons (Fsp3) is 0.105. The van der Waals surface area contributed by atoms with Crippen molar-refractivity contribution in [1.29, 1.82) is 5.26 Å². The number of nitrogens with one attached hydrogen (secondary N) is 1. The van der Waals surface area contributed by atoms with E-state index in [1.165, 1.54) is 18.2 Å². The topological polar surface area (TPSA) is 70.7 Å². The molecule has 1 N–H and O–H groups in total. The van der Waals surface area contributed by atoms with Crippen molar-refractivity contribution in [3.05, 3.63) is 71.7 Å². The van der Waals surface area contributed by atoms with Crippen LogP contribution in [-0.4, -0.2) is 15.7 Å². The summed E-state index contributed by atoms with van der Waals surface area (Å²) in [4.78, 5) is 12.1. The van der Waals surface area contributed by atoms with Crippen LogP contribution in [-0.2, 0) is 11.3 Å². The molecule has 0 bridgehead atoms. The number of anilines is 1. The summed E-state index contributed by atoms with van der Waals surface area (Å²) in [7, 11) is 0. The van der Waals surface area contributed by atoms with E-state index in [-0.39, 0.29) is 12.5 Å². The van der Waals surface area contributed by atoms with Crippen LogP contribution in [0, 0.1) is 24.1 Å². The highest BCUT2D eigenvalue weighted by Gasteiger charge is 2.10. The number of halogens is 1. The maximum atomic E-state index is 13.2. The van der Waals surface area contributed by atoms with Crippen LogP contribution in [0.4, 0.5) is 10.1 Å².